The molecule has 1 saturated carbocycles. The molecule has 0 aliphatic heterocycles. The van der Waals surface area contributed by atoms with Crippen LogP contribution < -0.4 is 10.0 Å². The third kappa shape index (κ3) is 3.68. The van der Waals surface area contributed by atoms with Crippen molar-refractivity contribution in [3.05, 3.63) is 18.5 Å². The maximum atomic E-state index is 12.3. The highest BCUT2D eigenvalue weighted by Gasteiger charge is 2.27. The standard InChI is InChI=1S/C13H22N4O2S/c1-3-17(11-4-5-11)9-8-16-20(18,19)13-10-15-7-6-12(13)14-2/h6-7,10-11,16H,3-5,8-9H2,1-2H3,(H,14,15). The van der Waals surface area contributed by atoms with Crippen molar-refractivity contribution >= 4 is 15.7 Å². The average Bonchev–Trinajstić information content (AvgIpc) is 3.28. The zero-order valence-electron chi connectivity index (χ0n) is 12.0. The van der Waals surface area contributed by atoms with Gasteiger partial charge in [-0.3, -0.25) is 9.88 Å². The van der Waals surface area contributed by atoms with Crippen LogP contribution in [0.3, 0.4) is 0 Å². The molecule has 7 heteroatoms. The third-order valence-electron chi connectivity index (χ3n) is 3.50. The Morgan fingerprint density at radius 1 is 1.45 bits per heavy atom. The van der Waals surface area contributed by atoms with Gasteiger partial charge in [0.25, 0.3) is 0 Å². The summed E-state index contributed by atoms with van der Waals surface area (Å²) in [6, 6.07) is 2.30. The number of aromatic nitrogens is 1. The van der Waals surface area contributed by atoms with Crippen LogP contribution >= 0.6 is 0 Å². The maximum absolute atomic E-state index is 12.3. The molecule has 0 unspecified atom stereocenters. The van der Waals surface area contributed by atoms with E-state index >= 15 is 0 Å². The number of rotatable bonds is 8. The van der Waals surface area contributed by atoms with Crippen LogP contribution in [0.25, 0.3) is 0 Å². The van der Waals surface area contributed by atoms with E-state index in [4.69, 9.17) is 0 Å². The quantitative estimate of drug-likeness (QED) is 0.745. The Morgan fingerprint density at radius 2 is 2.20 bits per heavy atom. The van der Waals surface area contributed by atoms with Crippen LogP contribution in [0, 0.1) is 0 Å². The molecule has 0 radical (unpaired) electrons. The van der Waals surface area contributed by atoms with Crippen molar-refractivity contribution in [3.8, 4) is 0 Å². The summed E-state index contributed by atoms with van der Waals surface area (Å²) in [5.74, 6) is 0. The lowest BCUT2D eigenvalue weighted by molar-refractivity contribution is 0.282. The first-order valence-electron chi connectivity index (χ1n) is 6.94. The highest BCUT2D eigenvalue weighted by atomic mass is 32.2. The number of nitrogens with zero attached hydrogens (tertiary/aromatic N) is 2. The third-order valence-corrected chi connectivity index (χ3v) is 4.99. The van der Waals surface area contributed by atoms with E-state index in [2.05, 4.69) is 26.8 Å². The van der Waals surface area contributed by atoms with E-state index in [1.54, 1.807) is 19.3 Å². The Labute approximate surface area is 120 Å². The van der Waals surface area contributed by atoms with Gasteiger partial charge in [-0.1, -0.05) is 6.92 Å². The van der Waals surface area contributed by atoms with Crippen LogP contribution in [0.4, 0.5) is 5.69 Å². The number of nitrogens with one attached hydrogen (secondary N) is 2. The van der Waals surface area contributed by atoms with Gasteiger partial charge in [0.1, 0.15) is 4.90 Å². The van der Waals surface area contributed by atoms with Gasteiger partial charge in [-0.15, -0.1) is 0 Å². The minimum atomic E-state index is -3.51. The normalized spacial score (nSPS) is 15.6. The molecule has 6 nitrogen and oxygen atoms in total. The van der Waals surface area contributed by atoms with Crippen LogP contribution in [0.2, 0.25) is 0 Å². The van der Waals surface area contributed by atoms with Crippen LogP contribution in [-0.2, 0) is 10.0 Å². The van der Waals surface area contributed by atoms with Gasteiger partial charge >= 0.3 is 0 Å². The molecule has 1 aliphatic rings. The number of anilines is 1. The predicted octanol–water partition coefficient (Wildman–Crippen LogP) is 0.886. The van der Waals surface area contributed by atoms with Gasteiger partial charge in [-0.2, -0.15) is 0 Å². The Kier molecular flexibility index (Phi) is 4.95. The molecular formula is C13H22N4O2S. The maximum Gasteiger partial charge on any atom is 0.244 e. The van der Waals surface area contributed by atoms with Gasteiger partial charge < -0.3 is 5.32 Å². The summed E-state index contributed by atoms with van der Waals surface area (Å²) in [6.07, 6.45) is 5.39. The second-order valence-corrected chi connectivity index (χ2v) is 6.61. The van der Waals surface area contributed by atoms with E-state index in [9.17, 15) is 8.42 Å². The van der Waals surface area contributed by atoms with E-state index in [1.807, 2.05) is 0 Å². The molecule has 0 amide bonds. The second kappa shape index (κ2) is 6.51. The molecule has 1 aromatic rings. The minimum absolute atomic E-state index is 0.192. The molecular weight excluding hydrogens is 276 g/mol. The van der Waals surface area contributed by atoms with Crippen molar-refractivity contribution in [2.75, 3.05) is 32.0 Å². The minimum Gasteiger partial charge on any atom is -0.387 e. The molecule has 1 fully saturated rings. The Balaban J connectivity index is 1.96. The zero-order chi connectivity index (χ0) is 14.6. The van der Waals surface area contributed by atoms with Crippen LogP contribution in [0.1, 0.15) is 19.8 Å². The first kappa shape index (κ1) is 15.2. The largest absolute Gasteiger partial charge is 0.387 e. The lowest BCUT2D eigenvalue weighted by Gasteiger charge is -2.20. The molecule has 1 aromatic heterocycles. The molecule has 2 N–H and O–H groups in total. The van der Waals surface area contributed by atoms with Crippen molar-refractivity contribution in [2.24, 2.45) is 0 Å². The highest BCUT2D eigenvalue weighted by molar-refractivity contribution is 7.89. The SMILES string of the molecule is CCN(CCNS(=O)(=O)c1cnccc1NC)C1CC1. The molecule has 20 heavy (non-hydrogen) atoms. The first-order valence-corrected chi connectivity index (χ1v) is 8.42. The smallest absolute Gasteiger partial charge is 0.244 e. The molecule has 0 spiro atoms. The monoisotopic (exact) mass is 298 g/mol. The lowest BCUT2D eigenvalue weighted by atomic mass is 10.4. The van der Waals surface area contributed by atoms with Gasteiger partial charge in [0, 0.05) is 38.6 Å². The molecule has 0 aromatic carbocycles. The fraction of sp³-hybridized carbons (Fsp3) is 0.615. The average molecular weight is 298 g/mol. The van der Waals surface area contributed by atoms with Crippen LogP contribution in [-0.4, -0.2) is 51.0 Å². The van der Waals surface area contributed by atoms with Crippen molar-refractivity contribution in [1.82, 2.24) is 14.6 Å². The number of likely N-dealkylation sites (N-methyl/N-ethyl adjacent to an activating group) is 1. The Hall–Kier alpha value is -1.18. The Morgan fingerprint density at radius 3 is 2.80 bits per heavy atom. The van der Waals surface area contributed by atoms with Gasteiger partial charge in [0.05, 0.1) is 5.69 Å². The number of pyridine rings is 1. The summed E-state index contributed by atoms with van der Waals surface area (Å²) in [6.45, 7) is 4.23. The van der Waals surface area contributed by atoms with E-state index < -0.39 is 10.0 Å². The van der Waals surface area contributed by atoms with Crippen LogP contribution in [0.5, 0.6) is 0 Å². The van der Waals surface area contributed by atoms with Gasteiger partial charge in [0.2, 0.25) is 10.0 Å². The molecule has 112 valence electrons. The fourth-order valence-electron chi connectivity index (χ4n) is 2.24. The zero-order valence-corrected chi connectivity index (χ0v) is 12.8. The van der Waals surface area contributed by atoms with E-state index in [-0.39, 0.29) is 4.90 Å². The summed E-state index contributed by atoms with van der Waals surface area (Å²) < 4.78 is 27.2. The van der Waals surface area contributed by atoms with Gasteiger partial charge in [-0.05, 0) is 25.5 Å². The molecule has 1 heterocycles. The number of hydrogen-bond acceptors (Lipinski definition) is 5. The van der Waals surface area contributed by atoms with E-state index in [0.29, 0.717) is 18.3 Å². The van der Waals surface area contributed by atoms with E-state index in [1.165, 1.54) is 19.0 Å². The molecule has 1 aliphatic carbocycles. The second-order valence-electron chi connectivity index (χ2n) is 4.88. The van der Waals surface area contributed by atoms with Crippen LogP contribution in [0.15, 0.2) is 23.4 Å². The lowest BCUT2D eigenvalue weighted by Crippen LogP contribution is -2.36. The fourth-order valence-corrected chi connectivity index (χ4v) is 3.42. The molecule has 0 atom stereocenters. The van der Waals surface area contributed by atoms with Gasteiger partial charge in [0.15, 0.2) is 0 Å². The predicted molar refractivity (Wildman–Crippen MR) is 79.2 cm³/mol. The van der Waals surface area contributed by atoms with Gasteiger partial charge in [-0.25, -0.2) is 13.1 Å². The number of hydrogen-bond donors (Lipinski definition) is 2. The summed E-state index contributed by atoms with van der Waals surface area (Å²) in [7, 11) is -1.82. The highest BCUT2D eigenvalue weighted by Crippen LogP contribution is 2.26. The van der Waals surface area contributed by atoms with Crippen molar-refractivity contribution in [1.29, 1.82) is 0 Å². The molecule has 2 rings (SSSR count). The Bertz CT molecular complexity index is 543. The summed E-state index contributed by atoms with van der Waals surface area (Å²) in [4.78, 5) is 6.39. The summed E-state index contributed by atoms with van der Waals surface area (Å²) >= 11 is 0. The summed E-state index contributed by atoms with van der Waals surface area (Å²) in [5, 5.41) is 2.87. The first-order chi connectivity index (χ1) is 9.58. The van der Waals surface area contributed by atoms with Crippen molar-refractivity contribution in [3.63, 3.8) is 0 Å². The van der Waals surface area contributed by atoms with Crippen molar-refractivity contribution in [2.45, 2.75) is 30.7 Å². The molecule has 0 bridgehead atoms. The molecule has 0 saturated heterocycles. The number of sulfonamides is 1. The summed E-state index contributed by atoms with van der Waals surface area (Å²) in [5.41, 5.74) is 0.557. The topological polar surface area (TPSA) is 74.3 Å². The van der Waals surface area contributed by atoms with E-state index in [0.717, 1.165) is 13.1 Å². The van der Waals surface area contributed by atoms with Crippen molar-refractivity contribution < 1.29 is 8.42 Å².